The molecule has 1 N–H and O–H groups in total. The zero-order valence-corrected chi connectivity index (χ0v) is 14.4. The number of hydrogen-bond donors (Lipinski definition) is 1. The van der Waals surface area contributed by atoms with E-state index in [1.807, 2.05) is 0 Å². The smallest absolute Gasteiger partial charge is 0.387 e. The van der Waals surface area contributed by atoms with Crippen molar-refractivity contribution in [3.8, 4) is 11.5 Å². The van der Waals surface area contributed by atoms with Crippen molar-refractivity contribution in [2.45, 2.75) is 44.8 Å². The van der Waals surface area contributed by atoms with Crippen LogP contribution >= 0.6 is 0 Å². The van der Waals surface area contributed by atoms with Crippen LogP contribution in [0.25, 0.3) is 0 Å². The van der Waals surface area contributed by atoms with Crippen LogP contribution in [0.2, 0.25) is 0 Å². The molecule has 3 rings (SSSR count). The SMILES string of the molecule is COc1cccc(C(=O)NC2(c3noc(C)n3)CCCC2)c1OC(F)F. The van der Waals surface area contributed by atoms with Crippen LogP contribution in [0.15, 0.2) is 22.7 Å². The normalized spacial score (nSPS) is 15.9. The average molecular weight is 367 g/mol. The van der Waals surface area contributed by atoms with Crippen LogP contribution in [0.1, 0.15) is 47.8 Å². The highest BCUT2D eigenvalue weighted by Crippen LogP contribution is 2.39. The zero-order chi connectivity index (χ0) is 18.7. The van der Waals surface area contributed by atoms with E-state index in [1.165, 1.54) is 25.3 Å². The standard InChI is InChI=1S/C17H19F2N3O4/c1-10-20-15(22-26-10)17(8-3-4-9-17)21-14(23)11-6-5-7-12(24-2)13(11)25-16(18)19/h5-7,16H,3-4,8-9H2,1-2H3,(H,21,23). The van der Waals surface area contributed by atoms with Crippen molar-refractivity contribution in [1.29, 1.82) is 0 Å². The van der Waals surface area contributed by atoms with Gasteiger partial charge in [-0.1, -0.05) is 24.1 Å². The van der Waals surface area contributed by atoms with Crippen molar-refractivity contribution >= 4 is 5.91 Å². The first-order valence-corrected chi connectivity index (χ1v) is 8.20. The summed E-state index contributed by atoms with van der Waals surface area (Å²) in [5.41, 5.74) is -0.837. The fraction of sp³-hybridized carbons (Fsp3) is 0.471. The zero-order valence-electron chi connectivity index (χ0n) is 14.4. The summed E-state index contributed by atoms with van der Waals surface area (Å²) < 4.78 is 40.2. The minimum atomic E-state index is -3.09. The fourth-order valence-corrected chi connectivity index (χ4v) is 3.23. The number of benzene rings is 1. The Hall–Kier alpha value is -2.71. The predicted octanol–water partition coefficient (Wildman–Crippen LogP) is 3.19. The van der Waals surface area contributed by atoms with E-state index in [9.17, 15) is 13.6 Å². The Morgan fingerprint density at radius 2 is 2.08 bits per heavy atom. The number of alkyl halides is 2. The number of hydrogen-bond acceptors (Lipinski definition) is 6. The van der Waals surface area contributed by atoms with Gasteiger partial charge in [0, 0.05) is 6.92 Å². The van der Waals surface area contributed by atoms with Crippen LogP contribution in [0.4, 0.5) is 8.78 Å². The summed E-state index contributed by atoms with van der Waals surface area (Å²) in [6, 6.07) is 4.38. The lowest BCUT2D eigenvalue weighted by atomic mass is 9.95. The highest BCUT2D eigenvalue weighted by Gasteiger charge is 2.42. The summed E-state index contributed by atoms with van der Waals surface area (Å²) in [7, 11) is 1.32. The summed E-state index contributed by atoms with van der Waals surface area (Å²) >= 11 is 0. The van der Waals surface area contributed by atoms with Gasteiger partial charge in [-0.25, -0.2) is 0 Å². The van der Waals surface area contributed by atoms with Gasteiger partial charge in [-0.15, -0.1) is 0 Å². The maximum Gasteiger partial charge on any atom is 0.387 e. The summed E-state index contributed by atoms with van der Waals surface area (Å²) in [5.74, 6) is -0.0404. The number of para-hydroxylation sites is 1. The monoisotopic (exact) mass is 367 g/mol. The van der Waals surface area contributed by atoms with Crippen LogP contribution in [-0.4, -0.2) is 29.8 Å². The second-order valence-corrected chi connectivity index (χ2v) is 6.10. The Balaban J connectivity index is 1.94. The van der Waals surface area contributed by atoms with Crippen LogP contribution in [0, 0.1) is 6.92 Å². The lowest BCUT2D eigenvalue weighted by Crippen LogP contribution is -2.44. The molecule has 9 heteroatoms. The van der Waals surface area contributed by atoms with Gasteiger partial charge in [0.25, 0.3) is 5.91 Å². The number of amides is 1. The first kappa shape index (κ1) is 18.1. The predicted molar refractivity (Wildman–Crippen MR) is 86.3 cm³/mol. The molecule has 7 nitrogen and oxygen atoms in total. The number of carbonyl (C=O) groups is 1. The molecule has 1 aromatic heterocycles. The Kier molecular flexibility index (Phi) is 5.06. The lowest BCUT2D eigenvalue weighted by Gasteiger charge is -2.27. The third-order valence-corrected chi connectivity index (χ3v) is 4.42. The van der Waals surface area contributed by atoms with Crippen LogP contribution in [0.3, 0.4) is 0 Å². The molecule has 0 aliphatic heterocycles. The van der Waals surface area contributed by atoms with Crippen LogP contribution in [-0.2, 0) is 5.54 Å². The minimum absolute atomic E-state index is 0.0452. The molecule has 1 aliphatic carbocycles. The topological polar surface area (TPSA) is 86.5 Å². The van der Waals surface area contributed by atoms with Gasteiger partial charge in [-0.2, -0.15) is 13.8 Å². The Bertz CT molecular complexity index is 788. The number of ether oxygens (including phenoxy) is 2. The van der Waals surface area contributed by atoms with Crippen molar-refractivity contribution in [2.75, 3.05) is 7.11 Å². The van der Waals surface area contributed by atoms with Gasteiger partial charge in [0.15, 0.2) is 17.3 Å². The molecule has 0 unspecified atom stereocenters. The molecule has 1 fully saturated rings. The van der Waals surface area contributed by atoms with Crippen molar-refractivity contribution in [1.82, 2.24) is 15.5 Å². The van der Waals surface area contributed by atoms with Crippen molar-refractivity contribution in [3.63, 3.8) is 0 Å². The fourth-order valence-electron chi connectivity index (χ4n) is 3.23. The molecule has 0 bridgehead atoms. The molecular formula is C17H19F2N3O4. The van der Waals surface area contributed by atoms with E-state index in [1.54, 1.807) is 6.92 Å². The molecule has 1 aliphatic rings. The first-order valence-electron chi connectivity index (χ1n) is 8.20. The molecule has 2 aromatic rings. The van der Waals surface area contributed by atoms with E-state index in [4.69, 9.17) is 9.26 Å². The summed E-state index contributed by atoms with van der Waals surface area (Å²) in [6.45, 7) is -1.42. The van der Waals surface area contributed by atoms with E-state index in [0.717, 1.165) is 12.8 Å². The number of carbonyl (C=O) groups excluding carboxylic acids is 1. The van der Waals surface area contributed by atoms with Crippen LogP contribution in [0.5, 0.6) is 11.5 Å². The van der Waals surface area contributed by atoms with Gasteiger partial charge in [0.05, 0.1) is 12.7 Å². The number of halogens is 2. The van der Waals surface area contributed by atoms with Gasteiger partial charge in [0.1, 0.15) is 5.54 Å². The number of aromatic nitrogens is 2. The number of methoxy groups -OCH3 is 1. The number of nitrogens with zero attached hydrogens (tertiary/aromatic N) is 2. The van der Waals surface area contributed by atoms with Gasteiger partial charge in [-0.3, -0.25) is 4.79 Å². The third kappa shape index (κ3) is 3.47. The van der Waals surface area contributed by atoms with E-state index >= 15 is 0 Å². The van der Waals surface area contributed by atoms with Gasteiger partial charge in [-0.05, 0) is 25.0 Å². The van der Waals surface area contributed by atoms with Crippen molar-refractivity contribution < 1.29 is 27.6 Å². The highest BCUT2D eigenvalue weighted by molar-refractivity contribution is 5.98. The minimum Gasteiger partial charge on any atom is -0.493 e. The van der Waals surface area contributed by atoms with Crippen molar-refractivity contribution in [3.05, 3.63) is 35.5 Å². The lowest BCUT2D eigenvalue weighted by molar-refractivity contribution is -0.0515. The Labute approximate surface area is 148 Å². The molecule has 1 amide bonds. The van der Waals surface area contributed by atoms with Gasteiger partial charge < -0.3 is 19.3 Å². The molecule has 140 valence electrons. The molecular weight excluding hydrogens is 348 g/mol. The van der Waals surface area contributed by atoms with E-state index in [-0.39, 0.29) is 17.1 Å². The van der Waals surface area contributed by atoms with Crippen molar-refractivity contribution in [2.24, 2.45) is 0 Å². The summed E-state index contributed by atoms with van der Waals surface area (Å²) in [5, 5.41) is 6.84. The number of aryl methyl sites for hydroxylation is 1. The molecule has 1 heterocycles. The quantitative estimate of drug-likeness (QED) is 0.844. The molecule has 1 aromatic carbocycles. The van der Waals surface area contributed by atoms with Gasteiger partial charge >= 0.3 is 6.61 Å². The summed E-state index contributed by atoms with van der Waals surface area (Å²) in [6.07, 6.45) is 3.03. The molecule has 0 spiro atoms. The number of rotatable bonds is 6. The van der Waals surface area contributed by atoms with Crippen LogP contribution < -0.4 is 14.8 Å². The van der Waals surface area contributed by atoms with E-state index in [2.05, 4.69) is 20.2 Å². The summed E-state index contributed by atoms with van der Waals surface area (Å²) in [4.78, 5) is 17.1. The molecule has 0 radical (unpaired) electrons. The van der Waals surface area contributed by atoms with E-state index in [0.29, 0.717) is 24.6 Å². The molecule has 0 atom stereocenters. The number of nitrogens with one attached hydrogen (secondary N) is 1. The molecule has 1 saturated carbocycles. The maximum atomic E-state index is 12.9. The average Bonchev–Trinajstić information content (AvgIpc) is 3.24. The molecule has 0 saturated heterocycles. The Morgan fingerprint density at radius 3 is 2.65 bits per heavy atom. The van der Waals surface area contributed by atoms with Gasteiger partial charge in [0.2, 0.25) is 5.89 Å². The van der Waals surface area contributed by atoms with E-state index < -0.39 is 18.1 Å². The Morgan fingerprint density at radius 1 is 1.35 bits per heavy atom. The highest BCUT2D eigenvalue weighted by atomic mass is 19.3. The second kappa shape index (κ2) is 7.27. The largest absolute Gasteiger partial charge is 0.493 e. The second-order valence-electron chi connectivity index (χ2n) is 6.10. The first-order chi connectivity index (χ1) is 12.4. The molecule has 26 heavy (non-hydrogen) atoms. The third-order valence-electron chi connectivity index (χ3n) is 4.42. The maximum absolute atomic E-state index is 12.9.